The third-order valence-corrected chi connectivity index (χ3v) is 5.24. The molecule has 0 radical (unpaired) electrons. The SMILES string of the molecule is C[C@@H]1CC2[C@H]3C[C@@H](O)[C@H]2[C@@]1(C)C3. The summed E-state index contributed by atoms with van der Waals surface area (Å²) < 4.78 is 0. The van der Waals surface area contributed by atoms with E-state index in [9.17, 15) is 5.11 Å². The van der Waals surface area contributed by atoms with E-state index in [0.29, 0.717) is 11.3 Å². The van der Waals surface area contributed by atoms with Crippen LogP contribution in [0, 0.1) is 29.1 Å². The second-order valence-corrected chi connectivity index (χ2v) is 5.60. The zero-order chi connectivity index (χ0) is 8.51. The van der Waals surface area contributed by atoms with Crippen molar-refractivity contribution in [2.75, 3.05) is 0 Å². The van der Waals surface area contributed by atoms with Crippen LogP contribution >= 0.6 is 0 Å². The molecule has 68 valence electrons. The Morgan fingerprint density at radius 1 is 1.33 bits per heavy atom. The molecule has 6 atom stereocenters. The van der Waals surface area contributed by atoms with Gasteiger partial charge in [0.25, 0.3) is 0 Å². The highest BCUT2D eigenvalue weighted by Crippen LogP contribution is 2.69. The predicted octanol–water partition coefficient (Wildman–Crippen LogP) is 2.05. The zero-order valence-corrected chi connectivity index (χ0v) is 7.96. The Kier molecular flexibility index (Phi) is 1.16. The van der Waals surface area contributed by atoms with Crippen molar-refractivity contribution in [3.05, 3.63) is 0 Å². The minimum absolute atomic E-state index is 0.0451. The molecule has 0 aromatic heterocycles. The first-order chi connectivity index (χ1) is 5.63. The first kappa shape index (κ1) is 7.37. The standard InChI is InChI=1S/C11H18O/c1-6-3-8-7-4-9(12)10(8)11(6,2)5-7/h6-10,12H,3-5H2,1-2H3/t6-,7+,8?,9-,10+,11+/m1/s1. The summed E-state index contributed by atoms with van der Waals surface area (Å²) in [6, 6.07) is 0. The van der Waals surface area contributed by atoms with Gasteiger partial charge in [0.1, 0.15) is 0 Å². The quantitative estimate of drug-likeness (QED) is 0.584. The summed E-state index contributed by atoms with van der Waals surface area (Å²) in [5.41, 5.74) is 0.507. The number of hydrogen-bond acceptors (Lipinski definition) is 1. The maximum absolute atomic E-state index is 9.88. The van der Waals surface area contributed by atoms with Crippen LogP contribution in [0.2, 0.25) is 0 Å². The van der Waals surface area contributed by atoms with Crippen LogP contribution < -0.4 is 0 Å². The highest BCUT2D eigenvalue weighted by atomic mass is 16.3. The van der Waals surface area contributed by atoms with Crippen molar-refractivity contribution in [1.82, 2.24) is 0 Å². The summed E-state index contributed by atoms with van der Waals surface area (Å²) >= 11 is 0. The van der Waals surface area contributed by atoms with Gasteiger partial charge in [0.2, 0.25) is 0 Å². The van der Waals surface area contributed by atoms with Crippen LogP contribution in [0.5, 0.6) is 0 Å². The van der Waals surface area contributed by atoms with Crippen LogP contribution in [0.4, 0.5) is 0 Å². The van der Waals surface area contributed by atoms with Gasteiger partial charge in [-0.25, -0.2) is 0 Å². The Morgan fingerprint density at radius 2 is 2.08 bits per heavy atom. The van der Waals surface area contributed by atoms with E-state index in [0.717, 1.165) is 24.2 Å². The molecule has 3 rings (SSSR count). The number of rotatable bonds is 0. The average Bonchev–Trinajstić information content (AvgIpc) is 2.47. The Hall–Kier alpha value is -0.0400. The Bertz CT molecular complexity index is 225. The molecule has 3 saturated carbocycles. The smallest absolute Gasteiger partial charge is 0.0579 e. The molecule has 4 bridgehead atoms. The molecule has 1 heteroatoms. The monoisotopic (exact) mass is 166 g/mol. The third kappa shape index (κ3) is 0.585. The van der Waals surface area contributed by atoms with Gasteiger partial charge in [-0.2, -0.15) is 0 Å². The van der Waals surface area contributed by atoms with Gasteiger partial charge in [-0.1, -0.05) is 13.8 Å². The lowest BCUT2D eigenvalue weighted by atomic mass is 9.67. The van der Waals surface area contributed by atoms with Crippen molar-refractivity contribution in [2.24, 2.45) is 29.1 Å². The summed E-state index contributed by atoms with van der Waals surface area (Å²) in [4.78, 5) is 0. The van der Waals surface area contributed by atoms with Crippen LogP contribution in [0.1, 0.15) is 33.1 Å². The summed E-state index contributed by atoms with van der Waals surface area (Å²) in [5, 5.41) is 9.88. The van der Waals surface area contributed by atoms with Gasteiger partial charge in [-0.3, -0.25) is 0 Å². The van der Waals surface area contributed by atoms with E-state index < -0.39 is 0 Å². The van der Waals surface area contributed by atoms with Crippen LogP contribution in [0.25, 0.3) is 0 Å². The van der Waals surface area contributed by atoms with E-state index in [2.05, 4.69) is 13.8 Å². The van der Waals surface area contributed by atoms with E-state index in [1.165, 1.54) is 12.8 Å². The second kappa shape index (κ2) is 1.89. The van der Waals surface area contributed by atoms with Crippen molar-refractivity contribution < 1.29 is 5.11 Å². The van der Waals surface area contributed by atoms with E-state index in [4.69, 9.17) is 0 Å². The van der Waals surface area contributed by atoms with Crippen molar-refractivity contribution in [3.63, 3.8) is 0 Å². The fourth-order valence-electron chi connectivity index (χ4n) is 4.62. The van der Waals surface area contributed by atoms with Gasteiger partial charge in [0.15, 0.2) is 0 Å². The summed E-state index contributed by atoms with van der Waals surface area (Å²) in [7, 11) is 0. The fourth-order valence-corrected chi connectivity index (χ4v) is 4.62. The predicted molar refractivity (Wildman–Crippen MR) is 47.6 cm³/mol. The summed E-state index contributed by atoms with van der Waals surface area (Å²) in [5.74, 6) is 3.29. The summed E-state index contributed by atoms with van der Waals surface area (Å²) in [6.45, 7) is 4.78. The van der Waals surface area contributed by atoms with Crippen LogP contribution in [-0.2, 0) is 0 Å². The topological polar surface area (TPSA) is 20.2 Å². The Labute approximate surface area is 74.2 Å². The molecule has 3 aliphatic rings. The molecule has 0 aliphatic heterocycles. The largest absolute Gasteiger partial charge is 0.393 e. The van der Waals surface area contributed by atoms with Gasteiger partial charge >= 0.3 is 0 Å². The third-order valence-electron chi connectivity index (χ3n) is 5.24. The van der Waals surface area contributed by atoms with E-state index in [1.54, 1.807) is 0 Å². The molecule has 1 N–H and O–H groups in total. The molecular formula is C11H18O. The first-order valence-electron chi connectivity index (χ1n) is 5.31. The fraction of sp³-hybridized carbons (Fsp3) is 1.00. The Morgan fingerprint density at radius 3 is 2.67 bits per heavy atom. The molecule has 0 aromatic rings. The normalized spacial score (nSPS) is 67.8. The molecular weight excluding hydrogens is 148 g/mol. The van der Waals surface area contributed by atoms with Crippen molar-refractivity contribution in [2.45, 2.75) is 39.2 Å². The maximum atomic E-state index is 9.88. The molecule has 0 spiro atoms. The lowest BCUT2D eigenvalue weighted by molar-refractivity contribution is 0.0179. The highest BCUT2D eigenvalue weighted by molar-refractivity contribution is 5.13. The number of aliphatic hydroxyl groups is 1. The molecule has 0 aromatic carbocycles. The molecule has 1 nitrogen and oxygen atoms in total. The molecule has 0 amide bonds. The van der Waals surface area contributed by atoms with Crippen LogP contribution in [0.15, 0.2) is 0 Å². The minimum Gasteiger partial charge on any atom is -0.393 e. The Balaban J connectivity index is 2.03. The highest BCUT2D eigenvalue weighted by Gasteiger charge is 2.65. The van der Waals surface area contributed by atoms with Gasteiger partial charge in [0.05, 0.1) is 6.10 Å². The lowest BCUT2D eigenvalue weighted by Crippen LogP contribution is -2.35. The van der Waals surface area contributed by atoms with Gasteiger partial charge in [-0.15, -0.1) is 0 Å². The van der Waals surface area contributed by atoms with E-state index in [1.807, 2.05) is 0 Å². The molecule has 3 aliphatic carbocycles. The van der Waals surface area contributed by atoms with Crippen LogP contribution in [0.3, 0.4) is 0 Å². The minimum atomic E-state index is 0.0451. The van der Waals surface area contributed by atoms with Gasteiger partial charge in [0, 0.05) is 0 Å². The number of hydrogen-bond donors (Lipinski definition) is 1. The van der Waals surface area contributed by atoms with Gasteiger partial charge in [-0.05, 0) is 48.3 Å². The number of aliphatic hydroxyl groups excluding tert-OH is 1. The average molecular weight is 166 g/mol. The zero-order valence-electron chi connectivity index (χ0n) is 7.96. The van der Waals surface area contributed by atoms with Crippen molar-refractivity contribution in [1.29, 1.82) is 0 Å². The van der Waals surface area contributed by atoms with Gasteiger partial charge < -0.3 is 5.11 Å². The molecule has 3 fully saturated rings. The second-order valence-electron chi connectivity index (χ2n) is 5.60. The molecule has 12 heavy (non-hydrogen) atoms. The van der Waals surface area contributed by atoms with Crippen molar-refractivity contribution >= 4 is 0 Å². The van der Waals surface area contributed by atoms with Crippen molar-refractivity contribution in [3.8, 4) is 0 Å². The molecule has 0 heterocycles. The van der Waals surface area contributed by atoms with Crippen LogP contribution in [-0.4, -0.2) is 11.2 Å². The molecule has 1 unspecified atom stereocenters. The maximum Gasteiger partial charge on any atom is 0.0579 e. The van der Waals surface area contributed by atoms with E-state index in [-0.39, 0.29) is 6.10 Å². The first-order valence-corrected chi connectivity index (χ1v) is 5.31. The lowest BCUT2D eigenvalue weighted by Gasteiger charge is -2.39. The summed E-state index contributed by atoms with van der Waals surface area (Å²) in [6.07, 6.45) is 3.95. The van der Waals surface area contributed by atoms with E-state index >= 15 is 0 Å². The molecule has 0 saturated heterocycles.